The van der Waals surface area contributed by atoms with Crippen LogP contribution in [0.15, 0.2) is 46.9 Å². The molecule has 0 aromatic heterocycles. The molecule has 24 heavy (non-hydrogen) atoms. The van der Waals surface area contributed by atoms with E-state index in [9.17, 15) is 9.59 Å². The van der Waals surface area contributed by atoms with Gasteiger partial charge in [0.2, 0.25) is 5.91 Å². The molecule has 1 aliphatic rings. The molecule has 124 valence electrons. The zero-order valence-corrected chi connectivity index (χ0v) is 14.8. The molecule has 1 aliphatic heterocycles. The fourth-order valence-electron chi connectivity index (χ4n) is 2.58. The van der Waals surface area contributed by atoms with Gasteiger partial charge in [0.25, 0.3) is 5.91 Å². The van der Waals surface area contributed by atoms with Crippen molar-refractivity contribution in [2.24, 2.45) is 0 Å². The van der Waals surface area contributed by atoms with Gasteiger partial charge in [0.05, 0.1) is 24.3 Å². The predicted molar refractivity (Wildman–Crippen MR) is 95.5 cm³/mol. The van der Waals surface area contributed by atoms with Gasteiger partial charge >= 0.3 is 0 Å². The quantitative estimate of drug-likeness (QED) is 0.875. The first-order valence-electron chi connectivity index (χ1n) is 7.62. The van der Waals surface area contributed by atoms with Crippen LogP contribution in [0.3, 0.4) is 0 Å². The van der Waals surface area contributed by atoms with Crippen molar-refractivity contribution in [3.63, 3.8) is 0 Å². The number of nitrogens with zero attached hydrogens (tertiary/aromatic N) is 1. The van der Waals surface area contributed by atoms with Gasteiger partial charge in [-0.15, -0.1) is 0 Å². The minimum atomic E-state index is -0.224. The van der Waals surface area contributed by atoms with Crippen LogP contribution < -0.4 is 15.0 Å². The number of nitrogens with one attached hydrogen (secondary N) is 1. The summed E-state index contributed by atoms with van der Waals surface area (Å²) in [4.78, 5) is 26.1. The van der Waals surface area contributed by atoms with E-state index in [1.165, 1.54) is 0 Å². The van der Waals surface area contributed by atoms with Crippen LogP contribution in [-0.2, 0) is 4.79 Å². The Labute approximate surface area is 148 Å². The van der Waals surface area contributed by atoms with Crippen LogP contribution in [-0.4, -0.2) is 31.5 Å². The summed E-state index contributed by atoms with van der Waals surface area (Å²) in [6.07, 6.45) is 0. The standard InChI is InChI=1S/C18H17BrN2O3/c1-12-2-7-16-15(10-12)18(23)20-11-17(22)21(16)8-9-24-14-5-3-13(19)4-6-14/h2-7,10H,8-9,11H2,1H3,(H,20,23). The number of amides is 2. The van der Waals surface area contributed by atoms with Crippen LogP contribution >= 0.6 is 15.9 Å². The van der Waals surface area contributed by atoms with Crippen LogP contribution in [0.2, 0.25) is 0 Å². The molecule has 0 fully saturated rings. The third-order valence-corrected chi connectivity index (χ3v) is 4.31. The van der Waals surface area contributed by atoms with Crippen LogP contribution in [0.4, 0.5) is 5.69 Å². The minimum Gasteiger partial charge on any atom is -0.492 e. The second-order valence-electron chi connectivity index (χ2n) is 5.55. The number of hydrogen-bond acceptors (Lipinski definition) is 3. The molecule has 2 amide bonds. The summed E-state index contributed by atoms with van der Waals surface area (Å²) in [5, 5.41) is 2.65. The lowest BCUT2D eigenvalue weighted by Crippen LogP contribution is -2.38. The lowest BCUT2D eigenvalue weighted by molar-refractivity contribution is -0.117. The normalized spacial score (nSPS) is 14.0. The molecule has 0 aliphatic carbocycles. The third-order valence-electron chi connectivity index (χ3n) is 3.79. The second-order valence-corrected chi connectivity index (χ2v) is 6.47. The van der Waals surface area contributed by atoms with Crippen molar-refractivity contribution >= 4 is 33.4 Å². The van der Waals surface area contributed by atoms with Gasteiger partial charge in [-0.1, -0.05) is 27.6 Å². The number of carbonyl (C=O) groups excluding carboxylic acids is 2. The van der Waals surface area contributed by atoms with E-state index in [0.717, 1.165) is 15.8 Å². The Morgan fingerprint density at radius 3 is 2.67 bits per heavy atom. The Morgan fingerprint density at radius 2 is 1.92 bits per heavy atom. The SMILES string of the molecule is Cc1ccc2c(c1)C(=O)NCC(=O)N2CCOc1ccc(Br)cc1. The van der Waals surface area contributed by atoms with E-state index >= 15 is 0 Å². The molecule has 2 aromatic rings. The smallest absolute Gasteiger partial charge is 0.253 e. The molecule has 0 saturated heterocycles. The maximum absolute atomic E-state index is 12.3. The topological polar surface area (TPSA) is 58.6 Å². The summed E-state index contributed by atoms with van der Waals surface area (Å²) in [6, 6.07) is 13.0. The number of hydrogen-bond donors (Lipinski definition) is 1. The molecule has 0 unspecified atom stereocenters. The number of ether oxygens (including phenoxy) is 1. The maximum Gasteiger partial charge on any atom is 0.253 e. The predicted octanol–water partition coefficient (Wildman–Crippen LogP) is 2.91. The number of carbonyl (C=O) groups is 2. The van der Waals surface area contributed by atoms with Crippen LogP contribution in [0.1, 0.15) is 15.9 Å². The molecule has 6 heteroatoms. The molecule has 1 N–H and O–H groups in total. The lowest BCUT2D eigenvalue weighted by atomic mass is 10.1. The van der Waals surface area contributed by atoms with Crippen molar-refractivity contribution in [3.8, 4) is 5.75 Å². The monoisotopic (exact) mass is 388 g/mol. The summed E-state index contributed by atoms with van der Waals surface area (Å²) >= 11 is 3.37. The van der Waals surface area contributed by atoms with Crippen LogP contribution in [0, 0.1) is 6.92 Å². The zero-order valence-electron chi connectivity index (χ0n) is 13.2. The van der Waals surface area contributed by atoms with Crippen molar-refractivity contribution in [1.29, 1.82) is 0 Å². The van der Waals surface area contributed by atoms with E-state index in [2.05, 4.69) is 21.2 Å². The Kier molecular flexibility index (Phi) is 4.85. The average Bonchev–Trinajstić information content (AvgIpc) is 2.68. The molecule has 0 saturated carbocycles. The zero-order chi connectivity index (χ0) is 17.1. The van der Waals surface area contributed by atoms with Gasteiger partial charge in [-0.3, -0.25) is 9.59 Å². The van der Waals surface area contributed by atoms with E-state index in [1.807, 2.05) is 43.3 Å². The van der Waals surface area contributed by atoms with Gasteiger partial charge < -0.3 is 15.0 Å². The highest BCUT2D eigenvalue weighted by molar-refractivity contribution is 9.10. The Hall–Kier alpha value is -2.34. The molecule has 1 heterocycles. The molecule has 0 spiro atoms. The van der Waals surface area contributed by atoms with E-state index in [0.29, 0.717) is 24.4 Å². The summed E-state index contributed by atoms with van der Waals surface area (Å²) in [7, 11) is 0. The largest absolute Gasteiger partial charge is 0.492 e. The number of aryl methyl sites for hydroxylation is 1. The van der Waals surface area contributed by atoms with Crippen molar-refractivity contribution in [3.05, 3.63) is 58.1 Å². The van der Waals surface area contributed by atoms with Gasteiger partial charge in [-0.05, 0) is 43.3 Å². The molecule has 2 aromatic carbocycles. The highest BCUT2D eigenvalue weighted by Crippen LogP contribution is 2.24. The van der Waals surface area contributed by atoms with Crippen LogP contribution in [0.5, 0.6) is 5.75 Å². The number of anilines is 1. The molecule has 0 radical (unpaired) electrons. The number of fused-ring (bicyclic) bond motifs is 1. The van der Waals surface area contributed by atoms with Crippen molar-refractivity contribution in [1.82, 2.24) is 5.32 Å². The Balaban J connectivity index is 1.76. The van der Waals surface area contributed by atoms with Crippen molar-refractivity contribution < 1.29 is 14.3 Å². The summed E-state index contributed by atoms with van der Waals surface area (Å²) in [6.45, 7) is 2.63. The first-order chi connectivity index (χ1) is 11.5. The van der Waals surface area contributed by atoms with E-state index in [-0.39, 0.29) is 18.4 Å². The highest BCUT2D eigenvalue weighted by atomic mass is 79.9. The van der Waals surface area contributed by atoms with Gasteiger partial charge in [0.1, 0.15) is 12.4 Å². The molecule has 0 atom stereocenters. The van der Waals surface area contributed by atoms with Crippen molar-refractivity contribution in [2.75, 3.05) is 24.6 Å². The third kappa shape index (κ3) is 3.59. The fourth-order valence-corrected chi connectivity index (χ4v) is 2.84. The molecule has 3 rings (SSSR count). The van der Waals surface area contributed by atoms with Crippen molar-refractivity contribution in [2.45, 2.75) is 6.92 Å². The maximum atomic E-state index is 12.3. The van der Waals surface area contributed by atoms with Crippen LogP contribution in [0.25, 0.3) is 0 Å². The second kappa shape index (κ2) is 7.05. The number of rotatable bonds is 4. The molecular formula is C18H17BrN2O3. The average molecular weight is 389 g/mol. The number of benzene rings is 2. The Bertz CT molecular complexity index is 774. The van der Waals surface area contributed by atoms with E-state index < -0.39 is 0 Å². The van der Waals surface area contributed by atoms with Gasteiger partial charge in [0, 0.05) is 4.47 Å². The fraction of sp³-hybridized carbons (Fsp3) is 0.222. The van der Waals surface area contributed by atoms with Gasteiger partial charge in [-0.2, -0.15) is 0 Å². The molecular weight excluding hydrogens is 372 g/mol. The number of halogens is 1. The summed E-state index contributed by atoms with van der Waals surface area (Å²) < 4.78 is 6.68. The Morgan fingerprint density at radius 1 is 1.17 bits per heavy atom. The summed E-state index contributed by atoms with van der Waals surface area (Å²) in [5.74, 6) is 0.363. The van der Waals surface area contributed by atoms with Gasteiger partial charge in [-0.25, -0.2) is 0 Å². The summed E-state index contributed by atoms with van der Waals surface area (Å²) in [5.41, 5.74) is 2.12. The minimum absolute atomic E-state index is 0.00908. The van der Waals surface area contributed by atoms with Gasteiger partial charge in [0.15, 0.2) is 0 Å². The lowest BCUT2D eigenvalue weighted by Gasteiger charge is -2.22. The first kappa shape index (κ1) is 16.5. The van der Waals surface area contributed by atoms with E-state index in [1.54, 1.807) is 11.0 Å². The highest BCUT2D eigenvalue weighted by Gasteiger charge is 2.26. The molecule has 0 bridgehead atoms. The van der Waals surface area contributed by atoms with E-state index in [4.69, 9.17) is 4.74 Å². The first-order valence-corrected chi connectivity index (χ1v) is 8.41. The molecule has 5 nitrogen and oxygen atoms in total.